The maximum Gasteiger partial charge on any atom is 0.139 e. The minimum absolute atomic E-state index is 0.592. The molecule has 0 saturated carbocycles. The molecule has 0 radical (unpaired) electrons. The minimum Gasteiger partial charge on any atom is -0.490 e. The van der Waals surface area contributed by atoms with Crippen LogP contribution < -0.4 is 15.0 Å². The predicted octanol–water partition coefficient (Wildman–Crippen LogP) is 1.16. The third-order valence-corrected chi connectivity index (χ3v) is 3.55. The Morgan fingerprint density at radius 2 is 2.24 bits per heavy atom. The van der Waals surface area contributed by atoms with E-state index in [2.05, 4.69) is 26.4 Å². The summed E-state index contributed by atoms with van der Waals surface area (Å²) in [6, 6.07) is 3.98. The monoisotopic (exact) mass is 287 g/mol. The van der Waals surface area contributed by atoms with Gasteiger partial charge in [0, 0.05) is 38.1 Å². The van der Waals surface area contributed by atoms with Crippen LogP contribution in [0, 0.1) is 0 Å². The lowest BCUT2D eigenvalue weighted by Crippen LogP contribution is -2.27. The Balaban J connectivity index is 1.57. The molecule has 3 heterocycles. The number of nitrogens with one attached hydrogen (secondary N) is 1. The highest BCUT2D eigenvalue weighted by molar-refractivity contribution is 5.48. The average Bonchev–Trinajstić information content (AvgIpc) is 2.88. The van der Waals surface area contributed by atoms with Crippen molar-refractivity contribution >= 4 is 5.69 Å². The normalized spacial score (nSPS) is 15.7. The van der Waals surface area contributed by atoms with Gasteiger partial charge in [-0.05, 0) is 19.0 Å². The number of rotatable bonds is 5. The number of ether oxygens (including phenoxy) is 1. The first-order valence-electron chi connectivity index (χ1n) is 7.43. The standard InChI is InChI=1S/C15H21N5O/c1-3-16-5-8-19(6-1)14-11-15(13-17-12-14)21-10-9-20-7-2-4-18-20/h2,4,7,11-13,16H,1,3,5-6,8-10H2. The van der Waals surface area contributed by atoms with E-state index in [0.29, 0.717) is 6.61 Å². The van der Waals surface area contributed by atoms with Crippen LogP contribution in [0.25, 0.3) is 0 Å². The topological polar surface area (TPSA) is 55.2 Å². The molecule has 112 valence electrons. The summed E-state index contributed by atoms with van der Waals surface area (Å²) in [5, 5.41) is 7.56. The molecule has 0 unspecified atom stereocenters. The zero-order chi connectivity index (χ0) is 14.3. The van der Waals surface area contributed by atoms with Gasteiger partial charge in [-0.15, -0.1) is 0 Å². The Labute approximate surface area is 124 Å². The number of anilines is 1. The summed E-state index contributed by atoms with van der Waals surface area (Å²) in [5.74, 6) is 0.817. The van der Waals surface area contributed by atoms with E-state index in [-0.39, 0.29) is 0 Å². The van der Waals surface area contributed by atoms with Crippen molar-refractivity contribution in [2.75, 3.05) is 37.7 Å². The van der Waals surface area contributed by atoms with Crippen molar-refractivity contribution in [3.05, 3.63) is 36.9 Å². The molecule has 6 heteroatoms. The second-order valence-electron chi connectivity index (χ2n) is 5.09. The van der Waals surface area contributed by atoms with E-state index in [9.17, 15) is 0 Å². The quantitative estimate of drug-likeness (QED) is 0.894. The molecule has 6 nitrogen and oxygen atoms in total. The SMILES string of the molecule is c1cnn(CCOc2cncc(N3CCCNCC3)c2)c1. The Kier molecular flexibility index (Phi) is 4.68. The van der Waals surface area contributed by atoms with Crippen LogP contribution >= 0.6 is 0 Å². The smallest absolute Gasteiger partial charge is 0.139 e. The highest BCUT2D eigenvalue weighted by Crippen LogP contribution is 2.20. The Morgan fingerprint density at radius 1 is 1.24 bits per heavy atom. The summed E-state index contributed by atoms with van der Waals surface area (Å²) in [5.41, 5.74) is 1.13. The zero-order valence-corrected chi connectivity index (χ0v) is 12.1. The first-order chi connectivity index (χ1) is 10.4. The van der Waals surface area contributed by atoms with E-state index in [4.69, 9.17) is 4.74 Å². The minimum atomic E-state index is 0.592. The second-order valence-corrected chi connectivity index (χ2v) is 5.09. The molecule has 0 aliphatic carbocycles. The van der Waals surface area contributed by atoms with Crippen molar-refractivity contribution in [3.63, 3.8) is 0 Å². The Hall–Kier alpha value is -2.08. The second kappa shape index (κ2) is 7.08. The molecule has 2 aromatic rings. The van der Waals surface area contributed by atoms with Crippen LogP contribution in [0.2, 0.25) is 0 Å². The first-order valence-corrected chi connectivity index (χ1v) is 7.43. The molecule has 0 spiro atoms. The lowest BCUT2D eigenvalue weighted by atomic mass is 10.3. The summed E-state index contributed by atoms with van der Waals surface area (Å²) in [4.78, 5) is 6.65. The highest BCUT2D eigenvalue weighted by atomic mass is 16.5. The van der Waals surface area contributed by atoms with Crippen molar-refractivity contribution < 1.29 is 4.74 Å². The third kappa shape index (κ3) is 3.95. The predicted molar refractivity (Wildman–Crippen MR) is 81.7 cm³/mol. The molecule has 1 aliphatic rings. The molecule has 0 bridgehead atoms. The fourth-order valence-electron chi connectivity index (χ4n) is 2.45. The van der Waals surface area contributed by atoms with E-state index in [0.717, 1.165) is 50.6 Å². The van der Waals surface area contributed by atoms with Gasteiger partial charge in [0.2, 0.25) is 0 Å². The molecule has 3 rings (SSSR count). The zero-order valence-electron chi connectivity index (χ0n) is 12.1. The van der Waals surface area contributed by atoms with Crippen LogP contribution in [0.1, 0.15) is 6.42 Å². The Bertz CT molecular complexity index is 535. The van der Waals surface area contributed by atoms with Gasteiger partial charge < -0.3 is 15.0 Å². The fraction of sp³-hybridized carbons (Fsp3) is 0.467. The van der Waals surface area contributed by atoms with Crippen molar-refractivity contribution in [2.45, 2.75) is 13.0 Å². The van der Waals surface area contributed by atoms with Crippen molar-refractivity contribution in [1.82, 2.24) is 20.1 Å². The van der Waals surface area contributed by atoms with Crippen LogP contribution in [0.5, 0.6) is 5.75 Å². The number of hydrogen-bond donors (Lipinski definition) is 1. The summed E-state index contributed by atoms with van der Waals surface area (Å²) in [7, 11) is 0. The summed E-state index contributed by atoms with van der Waals surface area (Å²) >= 11 is 0. The van der Waals surface area contributed by atoms with Gasteiger partial charge in [0.1, 0.15) is 12.4 Å². The van der Waals surface area contributed by atoms with Crippen LogP contribution in [-0.4, -0.2) is 47.6 Å². The highest BCUT2D eigenvalue weighted by Gasteiger charge is 2.10. The number of nitrogens with zero attached hydrogens (tertiary/aromatic N) is 4. The van der Waals surface area contributed by atoms with Gasteiger partial charge in [-0.1, -0.05) is 0 Å². The molecule has 0 aromatic carbocycles. The molecule has 1 saturated heterocycles. The van der Waals surface area contributed by atoms with E-state index in [1.165, 1.54) is 0 Å². The van der Waals surface area contributed by atoms with Gasteiger partial charge in [-0.25, -0.2) is 0 Å². The first kappa shape index (κ1) is 13.9. The van der Waals surface area contributed by atoms with Gasteiger partial charge in [-0.2, -0.15) is 5.10 Å². The molecular weight excluding hydrogens is 266 g/mol. The number of pyridine rings is 1. The van der Waals surface area contributed by atoms with Gasteiger partial charge in [0.05, 0.1) is 24.6 Å². The molecule has 2 aromatic heterocycles. The molecule has 1 fully saturated rings. The van der Waals surface area contributed by atoms with Crippen LogP contribution in [-0.2, 0) is 6.54 Å². The molecule has 0 amide bonds. The fourth-order valence-corrected chi connectivity index (χ4v) is 2.45. The van der Waals surface area contributed by atoms with E-state index in [1.54, 1.807) is 12.4 Å². The summed E-state index contributed by atoms with van der Waals surface area (Å²) in [6.45, 7) is 5.51. The molecule has 1 aliphatic heterocycles. The van der Waals surface area contributed by atoms with Crippen molar-refractivity contribution in [1.29, 1.82) is 0 Å². The van der Waals surface area contributed by atoms with E-state index >= 15 is 0 Å². The number of hydrogen-bond acceptors (Lipinski definition) is 5. The Morgan fingerprint density at radius 3 is 3.14 bits per heavy atom. The summed E-state index contributed by atoms with van der Waals surface area (Å²) in [6.07, 6.45) is 8.54. The third-order valence-electron chi connectivity index (χ3n) is 3.55. The van der Waals surface area contributed by atoms with Crippen LogP contribution in [0.4, 0.5) is 5.69 Å². The lowest BCUT2D eigenvalue weighted by molar-refractivity contribution is 0.290. The van der Waals surface area contributed by atoms with Gasteiger partial charge >= 0.3 is 0 Å². The molecule has 1 N–H and O–H groups in total. The van der Waals surface area contributed by atoms with Gasteiger partial charge in [-0.3, -0.25) is 9.67 Å². The van der Waals surface area contributed by atoms with Gasteiger partial charge in [0.15, 0.2) is 0 Å². The largest absolute Gasteiger partial charge is 0.490 e. The molecule has 21 heavy (non-hydrogen) atoms. The van der Waals surface area contributed by atoms with Crippen molar-refractivity contribution in [2.24, 2.45) is 0 Å². The molecule has 0 atom stereocenters. The van der Waals surface area contributed by atoms with Crippen LogP contribution in [0.3, 0.4) is 0 Å². The van der Waals surface area contributed by atoms with Gasteiger partial charge in [0.25, 0.3) is 0 Å². The van der Waals surface area contributed by atoms with Crippen molar-refractivity contribution in [3.8, 4) is 5.75 Å². The molecular formula is C15H21N5O. The summed E-state index contributed by atoms with van der Waals surface area (Å²) < 4.78 is 7.64. The van der Waals surface area contributed by atoms with E-state index < -0.39 is 0 Å². The maximum absolute atomic E-state index is 5.78. The number of aromatic nitrogens is 3. The van der Waals surface area contributed by atoms with E-state index in [1.807, 2.05) is 23.1 Å². The average molecular weight is 287 g/mol. The van der Waals surface area contributed by atoms with Crippen LogP contribution in [0.15, 0.2) is 36.9 Å². The lowest BCUT2D eigenvalue weighted by Gasteiger charge is -2.22. The maximum atomic E-state index is 5.78.